The van der Waals surface area contributed by atoms with Crippen LogP contribution in [0.25, 0.3) is 75.1 Å². The van der Waals surface area contributed by atoms with Crippen molar-refractivity contribution in [3.8, 4) is 22.3 Å². The predicted octanol–water partition coefficient (Wildman–Crippen LogP) is 14.9. The summed E-state index contributed by atoms with van der Waals surface area (Å²) in [5.41, 5.74) is 15.1. The molecule has 0 saturated carbocycles. The second kappa shape index (κ2) is 11.1. The van der Waals surface area contributed by atoms with Gasteiger partial charge >= 0.3 is 0 Å². The van der Waals surface area contributed by atoms with Crippen LogP contribution >= 0.6 is 11.3 Å². The average Bonchev–Trinajstić information content (AvgIpc) is 4.00. The second-order valence-corrected chi connectivity index (χ2v) is 16.1. The number of hydrogen-bond donors (Lipinski definition) is 0. The Morgan fingerprint density at radius 2 is 1.00 bits per heavy atom. The van der Waals surface area contributed by atoms with E-state index in [1.807, 2.05) is 11.3 Å². The fraction of sp³-hybridized carbons (Fsp3) is 0.0189. The Kier molecular flexibility index (Phi) is 6.01. The molecule has 0 saturated heterocycles. The molecule has 1 spiro atoms. The number of hydrogen-bond acceptors (Lipinski definition) is 3. The van der Waals surface area contributed by atoms with Crippen LogP contribution in [0.15, 0.2) is 192 Å². The zero-order valence-electron chi connectivity index (χ0n) is 30.2. The number of nitrogens with zero attached hydrogens (tertiary/aromatic N) is 1. The Balaban J connectivity index is 1.21. The highest BCUT2D eigenvalue weighted by Gasteiger charge is 2.52. The van der Waals surface area contributed by atoms with E-state index in [4.69, 9.17) is 4.42 Å². The maximum absolute atomic E-state index is 7.02. The van der Waals surface area contributed by atoms with Crippen LogP contribution in [0, 0.1) is 0 Å². The van der Waals surface area contributed by atoms with Crippen molar-refractivity contribution in [2.24, 2.45) is 0 Å². The minimum absolute atomic E-state index is 0.456. The zero-order chi connectivity index (χ0) is 36.5. The molecule has 0 radical (unpaired) electrons. The van der Waals surface area contributed by atoms with Gasteiger partial charge in [-0.25, -0.2) is 0 Å². The van der Waals surface area contributed by atoms with E-state index in [0.717, 1.165) is 39.0 Å². The Morgan fingerprint density at radius 3 is 1.80 bits per heavy atom. The Labute approximate surface area is 327 Å². The highest BCUT2D eigenvalue weighted by Crippen LogP contribution is 2.65. The van der Waals surface area contributed by atoms with Crippen LogP contribution < -0.4 is 4.90 Å². The molecule has 2 aliphatic rings. The van der Waals surface area contributed by atoms with Gasteiger partial charge in [0.15, 0.2) is 5.58 Å². The molecule has 0 unspecified atom stereocenters. The molecule has 9 aromatic carbocycles. The maximum Gasteiger partial charge on any atom is 0.160 e. The van der Waals surface area contributed by atoms with Crippen molar-refractivity contribution in [1.82, 2.24) is 0 Å². The fourth-order valence-electron chi connectivity index (χ4n) is 10.3. The van der Waals surface area contributed by atoms with Gasteiger partial charge in [-0.2, -0.15) is 0 Å². The van der Waals surface area contributed by atoms with Crippen molar-refractivity contribution in [1.29, 1.82) is 0 Å². The molecule has 0 fully saturated rings. The van der Waals surface area contributed by atoms with E-state index in [1.165, 1.54) is 75.5 Å². The smallest absolute Gasteiger partial charge is 0.160 e. The summed E-state index contributed by atoms with van der Waals surface area (Å²) in [6.45, 7) is 0. The summed E-state index contributed by atoms with van der Waals surface area (Å²) in [5, 5.41) is 7.19. The molecule has 56 heavy (non-hydrogen) atoms. The first-order valence-corrected chi connectivity index (χ1v) is 20.1. The summed E-state index contributed by atoms with van der Waals surface area (Å²) in [4.78, 5) is 2.52. The molecule has 2 heterocycles. The zero-order valence-corrected chi connectivity index (χ0v) is 31.0. The lowest BCUT2D eigenvalue weighted by Crippen LogP contribution is -2.26. The van der Waals surface area contributed by atoms with Crippen molar-refractivity contribution in [2.75, 3.05) is 4.90 Å². The third-order valence-corrected chi connectivity index (χ3v) is 13.7. The van der Waals surface area contributed by atoms with E-state index >= 15 is 0 Å². The lowest BCUT2D eigenvalue weighted by atomic mass is 9.70. The van der Waals surface area contributed by atoms with E-state index in [-0.39, 0.29) is 0 Å². The van der Waals surface area contributed by atoms with Crippen LogP contribution in [0.4, 0.5) is 17.1 Å². The van der Waals surface area contributed by atoms with Gasteiger partial charge in [0.2, 0.25) is 0 Å². The third kappa shape index (κ3) is 3.75. The number of anilines is 3. The van der Waals surface area contributed by atoms with Crippen LogP contribution in [0.5, 0.6) is 0 Å². The maximum atomic E-state index is 7.02. The van der Waals surface area contributed by atoms with Crippen molar-refractivity contribution < 1.29 is 4.42 Å². The van der Waals surface area contributed by atoms with Gasteiger partial charge in [-0.05, 0) is 80.0 Å². The molecule has 0 aliphatic heterocycles. The monoisotopic (exact) mass is 729 g/mol. The highest BCUT2D eigenvalue weighted by molar-refractivity contribution is 7.26. The Bertz CT molecular complexity index is 3410. The van der Waals surface area contributed by atoms with Crippen molar-refractivity contribution in [3.05, 3.63) is 210 Å². The van der Waals surface area contributed by atoms with Crippen LogP contribution in [0.1, 0.15) is 22.3 Å². The first kappa shape index (κ1) is 30.4. The SMILES string of the molecule is c1ccc2c(c1)-c1ccccc1C21c2ccccc2-c2c(N(c3cc4ccccc4c4c3oc3ccccc34)c3cccc4c3sc3ccccc34)cccc21. The summed E-state index contributed by atoms with van der Waals surface area (Å²) in [6.07, 6.45) is 0. The van der Waals surface area contributed by atoms with Gasteiger partial charge < -0.3 is 9.32 Å². The molecule has 2 aromatic heterocycles. The number of furan rings is 1. The van der Waals surface area contributed by atoms with Gasteiger partial charge in [-0.3, -0.25) is 0 Å². The van der Waals surface area contributed by atoms with Crippen molar-refractivity contribution >= 4 is 81.3 Å². The number of para-hydroxylation sites is 1. The first-order valence-electron chi connectivity index (χ1n) is 19.3. The molecule has 13 rings (SSSR count). The first-order chi connectivity index (χ1) is 27.8. The van der Waals surface area contributed by atoms with Crippen LogP contribution in [0.3, 0.4) is 0 Å². The third-order valence-electron chi connectivity index (χ3n) is 12.5. The number of thiophene rings is 1. The van der Waals surface area contributed by atoms with Crippen LogP contribution in [-0.4, -0.2) is 0 Å². The molecule has 2 aliphatic carbocycles. The quantitative estimate of drug-likeness (QED) is 0.180. The molecule has 0 N–H and O–H groups in total. The lowest BCUT2D eigenvalue weighted by Gasteiger charge is -2.32. The molecular weight excluding hydrogens is 699 g/mol. The molecule has 260 valence electrons. The minimum Gasteiger partial charge on any atom is -0.454 e. The fourth-order valence-corrected chi connectivity index (χ4v) is 11.5. The number of benzene rings is 9. The van der Waals surface area contributed by atoms with Gasteiger partial charge in [0.05, 0.1) is 27.2 Å². The predicted molar refractivity (Wildman–Crippen MR) is 235 cm³/mol. The number of fused-ring (bicyclic) bond motifs is 18. The largest absolute Gasteiger partial charge is 0.454 e. The molecule has 3 heteroatoms. The summed E-state index contributed by atoms with van der Waals surface area (Å²) < 4.78 is 9.56. The lowest BCUT2D eigenvalue weighted by molar-refractivity contribution is 0.669. The molecule has 0 bridgehead atoms. The van der Waals surface area contributed by atoms with Gasteiger partial charge in [-0.1, -0.05) is 158 Å². The van der Waals surface area contributed by atoms with Gasteiger partial charge in [0.25, 0.3) is 0 Å². The van der Waals surface area contributed by atoms with E-state index in [2.05, 4.69) is 193 Å². The van der Waals surface area contributed by atoms with E-state index in [9.17, 15) is 0 Å². The molecule has 0 atom stereocenters. The van der Waals surface area contributed by atoms with Gasteiger partial charge in [0, 0.05) is 31.8 Å². The minimum atomic E-state index is -0.456. The number of rotatable bonds is 3. The second-order valence-electron chi connectivity index (χ2n) is 15.1. The van der Waals surface area contributed by atoms with Crippen molar-refractivity contribution in [2.45, 2.75) is 5.41 Å². The van der Waals surface area contributed by atoms with Crippen LogP contribution in [0.2, 0.25) is 0 Å². The summed E-state index contributed by atoms with van der Waals surface area (Å²) in [7, 11) is 0. The molecule has 2 nitrogen and oxygen atoms in total. The Hall–Kier alpha value is -6.94. The average molecular weight is 730 g/mol. The summed E-state index contributed by atoms with van der Waals surface area (Å²) in [5.74, 6) is 0. The van der Waals surface area contributed by atoms with Crippen molar-refractivity contribution in [3.63, 3.8) is 0 Å². The van der Waals surface area contributed by atoms with Crippen LogP contribution in [-0.2, 0) is 5.41 Å². The normalized spacial score (nSPS) is 13.5. The van der Waals surface area contributed by atoms with Gasteiger partial charge in [-0.15, -0.1) is 11.3 Å². The summed E-state index contributed by atoms with van der Waals surface area (Å²) >= 11 is 1.87. The standard InChI is InChI=1S/C53H31NOS/c1-2-16-33-32(15-1)31-46(51-49(33)39-21-6-11-29-47(39)55-51)54(45-28-13-22-37-36-19-7-12-30-48(36)56-52(37)45)44-27-14-26-43-50(44)38-20-5-10-25-42(38)53(43)40-23-8-3-17-34(40)35-18-4-9-24-41(35)53/h1-31H. The topological polar surface area (TPSA) is 16.4 Å². The Morgan fingerprint density at radius 1 is 0.429 bits per heavy atom. The molecule has 11 aromatic rings. The summed E-state index contributed by atoms with van der Waals surface area (Å²) in [6, 6.07) is 69.4. The van der Waals surface area contributed by atoms with E-state index < -0.39 is 5.41 Å². The van der Waals surface area contributed by atoms with E-state index in [0.29, 0.717) is 0 Å². The molecular formula is C53H31NOS. The van der Waals surface area contributed by atoms with Gasteiger partial charge in [0.1, 0.15) is 5.58 Å². The molecule has 0 amide bonds. The highest BCUT2D eigenvalue weighted by atomic mass is 32.1. The van der Waals surface area contributed by atoms with E-state index in [1.54, 1.807) is 0 Å².